The number of halogens is 1. The third kappa shape index (κ3) is 3.41. The van der Waals surface area contributed by atoms with E-state index in [9.17, 15) is 18.8 Å². The van der Waals surface area contributed by atoms with Gasteiger partial charge in [0.1, 0.15) is 17.9 Å². The molecule has 0 aromatic heterocycles. The summed E-state index contributed by atoms with van der Waals surface area (Å²) in [6.07, 6.45) is 0.806. The highest BCUT2D eigenvalue weighted by molar-refractivity contribution is 6.09. The van der Waals surface area contributed by atoms with Crippen LogP contribution < -0.4 is 16.0 Å². The van der Waals surface area contributed by atoms with E-state index >= 15 is 0 Å². The van der Waals surface area contributed by atoms with E-state index in [-0.39, 0.29) is 24.4 Å². The van der Waals surface area contributed by atoms with Crippen molar-refractivity contribution in [2.45, 2.75) is 31.8 Å². The number of nitrogens with zero attached hydrogens (tertiary/aromatic N) is 1. The molecule has 8 heteroatoms. The summed E-state index contributed by atoms with van der Waals surface area (Å²) in [7, 11) is 0. The monoisotopic (exact) mass is 362 g/mol. The second kappa shape index (κ2) is 7.03. The van der Waals surface area contributed by atoms with Crippen molar-refractivity contribution >= 4 is 17.8 Å². The van der Waals surface area contributed by atoms with Gasteiger partial charge in [-0.1, -0.05) is 19.1 Å². The van der Waals surface area contributed by atoms with Gasteiger partial charge in [0.25, 0.3) is 5.91 Å². The Kier molecular flexibility index (Phi) is 4.95. The first-order chi connectivity index (χ1) is 12.3. The number of rotatable bonds is 4. The number of piperidine rings is 1. The normalized spacial score (nSPS) is 28.8. The summed E-state index contributed by atoms with van der Waals surface area (Å²) in [6, 6.07) is 4.76. The average Bonchev–Trinajstić information content (AvgIpc) is 2.82. The van der Waals surface area contributed by atoms with E-state index in [2.05, 4.69) is 16.0 Å². The van der Waals surface area contributed by atoms with Crippen molar-refractivity contribution in [2.24, 2.45) is 5.92 Å². The zero-order valence-electron chi connectivity index (χ0n) is 14.8. The molecule has 0 aliphatic carbocycles. The van der Waals surface area contributed by atoms with E-state index < -0.39 is 23.3 Å². The van der Waals surface area contributed by atoms with E-state index in [1.807, 2.05) is 6.92 Å². The van der Waals surface area contributed by atoms with E-state index in [1.54, 1.807) is 6.92 Å². The predicted molar refractivity (Wildman–Crippen MR) is 92.6 cm³/mol. The van der Waals surface area contributed by atoms with Crippen LogP contribution in [-0.2, 0) is 15.1 Å². The Hall–Kier alpha value is -2.48. The van der Waals surface area contributed by atoms with Gasteiger partial charge in [0.2, 0.25) is 5.91 Å². The Labute approximate surface area is 151 Å². The minimum atomic E-state index is -1.31. The number of carbonyl (C=O) groups excluding carboxylic acids is 3. The first kappa shape index (κ1) is 18.3. The van der Waals surface area contributed by atoms with Crippen LogP contribution >= 0.6 is 0 Å². The number of hydrogen-bond acceptors (Lipinski definition) is 4. The highest BCUT2D eigenvalue weighted by atomic mass is 19.1. The van der Waals surface area contributed by atoms with Crippen molar-refractivity contribution in [2.75, 3.05) is 19.6 Å². The van der Waals surface area contributed by atoms with Gasteiger partial charge >= 0.3 is 6.03 Å². The Balaban J connectivity index is 1.68. The van der Waals surface area contributed by atoms with Crippen LogP contribution in [0.25, 0.3) is 0 Å². The molecule has 2 aliphatic heterocycles. The van der Waals surface area contributed by atoms with Crippen molar-refractivity contribution < 1.29 is 18.8 Å². The van der Waals surface area contributed by atoms with Crippen LogP contribution in [0.3, 0.4) is 0 Å². The van der Waals surface area contributed by atoms with Gasteiger partial charge < -0.3 is 16.0 Å². The smallest absolute Gasteiger partial charge is 0.325 e. The van der Waals surface area contributed by atoms with Crippen LogP contribution in [0, 0.1) is 11.7 Å². The molecule has 2 fully saturated rings. The third-order valence-corrected chi connectivity index (χ3v) is 5.13. The van der Waals surface area contributed by atoms with Crippen molar-refractivity contribution in [1.29, 1.82) is 0 Å². The fourth-order valence-electron chi connectivity index (χ4n) is 3.44. The minimum Gasteiger partial charge on any atom is -0.351 e. The number of carbonyl (C=O) groups is 3. The molecule has 1 aromatic carbocycles. The van der Waals surface area contributed by atoms with Crippen LogP contribution in [-0.4, -0.2) is 48.4 Å². The Morgan fingerprint density at radius 2 is 2.04 bits per heavy atom. The molecule has 4 amide bonds. The molecule has 3 atom stereocenters. The second-order valence-corrected chi connectivity index (χ2v) is 7.10. The molecule has 7 nitrogen and oxygen atoms in total. The lowest BCUT2D eigenvalue weighted by Gasteiger charge is -2.30. The van der Waals surface area contributed by atoms with Crippen molar-refractivity contribution in [3.8, 4) is 0 Å². The Morgan fingerprint density at radius 3 is 2.69 bits per heavy atom. The number of urea groups is 1. The summed E-state index contributed by atoms with van der Waals surface area (Å²) in [6.45, 7) is 4.89. The van der Waals surface area contributed by atoms with Crippen LogP contribution in [0.1, 0.15) is 25.8 Å². The molecule has 26 heavy (non-hydrogen) atoms. The SMILES string of the molecule is CC1CNCCC1NC(=O)CN1C(=O)NC(C)(c2ccc(F)cc2)C1=O. The summed E-state index contributed by atoms with van der Waals surface area (Å²) in [4.78, 5) is 38.3. The minimum absolute atomic E-state index is 0.0213. The van der Waals surface area contributed by atoms with Gasteiger partial charge in [-0.15, -0.1) is 0 Å². The largest absolute Gasteiger partial charge is 0.351 e. The van der Waals surface area contributed by atoms with Crippen molar-refractivity contribution in [1.82, 2.24) is 20.9 Å². The number of nitrogens with one attached hydrogen (secondary N) is 3. The van der Waals surface area contributed by atoms with Gasteiger partial charge in [-0.3, -0.25) is 14.5 Å². The Morgan fingerprint density at radius 1 is 1.35 bits per heavy atom. The fraction of sp³-hybridized carbons (Fsp3) is 0.500. The maximum Gasteiger partial charge on any atom is 0.325 e. The van der Waals surface area contributed by atoms with E-state index in [1.165, 1.54) is 24.3 Å². The molecule has 0 bridgehead atoms. The lowest BCUT2D eigenvalue weighted by Crippen LogP contribution is -2.51. The quantitative estimate of drug-likeness (QED) is 0.688. The number of hydrogen-bond donors (Lipinski definition) is 3. The Bertz CT molecular complexity index is 724. The molecular weight excluding hydrogens is 339 g/mol. The molecule has 0 radical (unpaired) electrons. The maximum absolute atomic E-state index is 13.1. The lowest BCUT2D eigenvalue weighted by molar-refractivity contribution is -0.135. The van der Waals surface area contributed by atoms with Gasteiger partial charge in [0.15, 0.2) is 0 Å². The molecular formula is C18H23FN4O3. The molecule has 3 N–H and O–H groups in total. The third-order valence-electron chi connectivity index (χ3n) is 5.13. The van der Waals surface area contributed by atoms with Crippen molar-refractivity contribution in [3.63, 3.8) is 0 Å². The average molecular weight is 362 g/mol. The highest BCUT2D eigenvalue weighted by Gasteiger charge is 2.49. The summed E-state index contributed by atoms with van der Waals surface area (Å²) in [5, 5.41) is 8.77. The van der Waals surface area contributed by atoms with Gasteiger partial charge in [-0.05, 0) is 50.0 Å². The van der Waals surface area contributed by atoms with Crippen molar-refractivity contribution in [3.05, 3.63) is 35.6 Å². The fourth-order valence-corrected chi connectivity index (χ4v) is 3.44. The molecule has 2 aliphatic rings. The van der Waals surface area contributed by atoms with E-state index in [0.717, 1.165) is 24.4 Å². The first-order valence-corrected chi connectivity index (χ1v) is 8.71. The lowest BCUT2D eigenvalue weighted by atomic mass is 9.92. The van der Waals surface area contributed by atoms with Gasteiger partial charge in [0.05, 0.1) is 0 Å². The highest BCUT2D eigenvalue weighted by Crippen LogP contribution is 2.28. The van der Waals surface area contributed by atoms with Crippen LogP contribution in [0.15, 0.2) is 24.3 Å². The number of imide groups is 1. The predicted octanol–water partition coefficient (Wildman–Crippen LogP) is 0.707. The topological polar surface area (TPSA) is 90.5 Å². The van der Waals surface area contributed by atoms with Crippen LogP contribution in [0.2, 0.25) is 0 Å². The molecule has 140 valence electrons. The first-order valence-electron chi connectivity index (χ1n) is 8.71. The van der Waals surface area contributed by atoms with Gasteiger partial charge in [0, 0.05) is 6.04 Å². The van der Waals surface area contributed by atoms with Crippen LogP contribution in [0.4, 0.5) is 9.18 Å². The standard InChI is InChI=1S/C18H23FN4O3/c1-11-9-20-8-7-14(11)21-15(24)10-23-16(25)18(2,22-17(23)26)12-3-5-13(19)6-4-12/h3-6,11,14,20H,7-10H2,1-2H3,(H,21,24)(H,22,26). The molecule has 3 unspecified atom stereocenters. The summed E-state index contributed by atoms with van der Waals surface area (Å²) >= 11 is 0. The number of amides is 4. The molecule has 2 heterocycles. The molecule has 0 spiro atoms. The summed E-state index contributed by atoms with van der Waals surface area (Å²) < 4.78 is 13.1. The maximum atomic E-state index is 13.1. The molecule has 2 saturated heterocycles. The summed E-state index contributed by atoms with van der Waals surface area (Å²) in [5.41, 5.74) is -0.847. The van der Waals surface area contributed by atoms with E-state index in [0.29, 0.717) is 5.56 Å². The zero-order chi connectivity index (χ0) is 18.9. The van der Waals surface area contributed by atoms with Crippen LogP contribution in [0.5, 0.6) is 0 Å². The molecule has 3 rings (SSSR count). The van der Waals surface area contributed by atoms with Gasteiger partial charge in [-0.25, -0.2) is 9.18 Å². The summed E-state index contributed by atoms with van der Waals surface area (Å²) in [5.74, 6) is -1.04. The second-order valence-electron chi connectivity index (χ2n) is 7.10. The van der Waals surface area contributed by atoms with E-state index in [4.69, 9.17) is 0 Å². The zero-order valence-corrected chi connectivity index (χ0v) is 14.8. The molecule has 0 saturated carbocycles. The van der Waals surface area contributed by atoms with Gasteiger partial charge in [-0.2, -0.15) is 0 Å². The molecule has 1 aromatic rings. The number of benzene rings is 1.